The molecule has 0 aromatic rings. The SMILES string of the molecule is COC1=CCN(CC2CC2)C(=O)C1. The second-order valence-corrected chi connectivity index (χ2v) is 3.79. The maximum absolute atomic E-state index is 11.5. The third-order valence-corrected chi connectivity index (χ3v) is 2.66. The lowest BCUT2D eigenvalue weighted by Gasteiger charge is -2.25. The smallest absolute Gasteiger partial charge is 0.230 e. The molecule has 0 N–H and O–H groups in total. The van der Waals surface area contributed by atoms with Crippen LogP contribution in [0.3, 0.4) is 0 Å². The zero-order chi connectivity index (χ0) is 9.26. The second kappa shape index (κ2) is 3.40. The molecule has 0 atom stereocenters. The molecule has 2 rings (SSSR count). The van der Waals surface area contributed by atoms with E-state index in [1.54, 1.807) is 7.11 Å². The molecule has 0 aromatic carbocycles. The molecule has 0 bridgehead atoms. The number of rotatable bonds is 3. The van der Waals surface area contributed by atoms with E-state index in [1.165, 1.54) is 12.8 Å². The zero-order valence-corrected chi connectivity index (χ0v) is 7.95. The van der Waals surface area contributed by atoms with Crippen LogP contribution in [0.2, 0.25) is 0 Å². The second-order valence-electron chi connectivity index (χ2n) is 3.79. The Kier molecular flexibility index (Phi) is 2.25. The van der Waals surface area contributed by atoms with Crippen molar-refractivity contribution in [3.8, 4) is 0 Å². The maximum Gasteiger partial charge on any atom is 0.230 e. The zero-order valence-electron chi connectivity index (χ0n) is 7.95. The summed E-state index contributed by atoms with van der Waals surface area (Å²) in [5.41, 5.74) is 0. The summed E-state index contributed by atoms with van der Waals surface area (Å²) in [4.78, 5) is 13.5. The van der Waals surface area contributed by atoms with E-state index in [0.717, 1.165) is 24.8 Å². The minimum Gasteiger partial charge on any atom is -0.501 e. The lowest BCUT2D eigenvalue weighted by molar-refractivity contribution is -0.131. The maximum atomic E-state index is 11.5. The predicted octanol–water partition coefficient (Wildman–Crippen LogP) is 1.16. The van der Waals surface area contributed by atoms with Gasteiger partial charge >= 0.3 is 0 Å². The van der Waals surface area contributed by atoms with Gasteiger partial charge in [-0.15, -0.1) is 0 Å². The summed E-state index contributed by atoms with van der Waals surface area (Å²) in [6, 6.07) is 0. The van der Waals surface area contributed by atoms with Crippen molar-refractivity contribution in [1.29, 1.82) is 0 Å². The molecule has 1 amide bonds. The van der Waals surface area contributed by atoms with Crippen molar-refractivity contribution in [1.82, 2.24) is 4.90 Å². The van der Waals surface area contributed by atoms with E-state index in [-0.39, 0.29) is 5.91 Å². The van der Waals surface area contributed by atoms with Crippen molar-refractivity contribution in [2.24, 2.45) is 5.92 Å². The molecule has 13 heavy (non-hydrogen) atoms. The normalized spacial score (nSPS) is 23.0. The predicted molar refractivity (Wildman–Crippen MR) is 49.0 cm³/mol. The van der Waals surface area contributed by atoms with E-state index >= 15 is 0 Å². The fourth-order valence-corrected chi connectivity index (χ4v) is 1.59. The van der Waals surface area contributed by atoms with Crippen LogP contribution in [0.5, 0.6) is 0 Å². The number of nitrogens with zero attached hydrogens (tertiary/aromatic N) is 1. The number of hydrogen-bond donors (Lipinski definition) is 0. The molecule has 0 aromatic heterocycles. The Morgan fingerprint density at radius 1 is 1.62 bits per heavy atom. The molecule has 0 radical (unpaired) electrons. The van der Waals surface area contributed by atoms with Gasteiger partial charge in [-0.05, 0) is 24.8 Å². The summed E-state index contributed by atoms with van der Waals surface area (Å²) < 4.78 is 5.04. The highest BCUT2D eigenvalue weighted by Gasteiger charge is 2.28. The standard InChI is InChI=1S/C10H15NO2/c1-13-9-4-5-11(10(12)6-9)7-8-2-3-8/h4,8H,2-3,5-7H2,1H3. The Bertz CT molecular complexity index is 243. The lowest BCUT2D eigenvalue weighted by Crippen LogP contribution is -2.36. The van der Waals surface area contributed by atoms with Crippen molar-refractivity contribution in [2.45, 2.75) is 19.3 Å². The monoisotopic (exact) mass is 181 g/mol. The first-order chi connectivity index (χ1) is 6.29. The molecule has 1 fully saturated rings. The van der Waals surface area contributed by atoms with E-state index in [9.17, 15) is 4.79 Å². The highest BCUT2D eigenvalue weighted by atomic mass is 16.5. The first-order valence-electron chi connectivity index (χ1n) is 4.80. The van der Waals surface area contributed by atoms with Gasteiger partial charge in [0.2, 0.25) is 5.91 Å². The minimum absolute atomic E-state index is 0.214. The van der Waals surface area contributed by atoms with Gasteiger partial charge in [0.15, 0.2) is 0 Å². The van der Waals surface area contributed by atoms with Crippen LogP contribution >= 0.6 is 0 Å². The van der Waals surface area contributed by atoms with Crippen molar-refractivity contribution in [2.75, 3.05) is 20.2 Å². The molecule has 0 unspecified atom stereocenters. The number of carbonyl (C=O) groups is 1. The first-order valence-corrected chi connectivity index (χ1v) is 4.80. The van der Waals surface area contributed by atoms with Crippen LogP contribution in [0.4, 0.5) is 0 Å². The largest absolute Gasteiger partial charge is 0.501 e. The highest BCUT2D eigenvalue weighted by molar-refractivity contribution is 5.79. The van der Waals surface area contributed by atoms with Gasteiger partial charge in [0.25, 0.3) is 0 Å². The van der Waals surface area contributed by atoms with Crippen LogP contribution in [0, 0.1) is 5.92 Å². The van der Waals surface area contributed by atoms with Gasteiger partial charge in [-0.3, -0.25) is 4.79 Å². The average molecular weight is 181 g/mol. The molecule has 1 aliphatic carbocycles. The number of amides is 1. The van der Waals surface area contributed by atoms with Crippen LogP contribution in [0.1, 0.15) is 19.3 Å². The summed E-state index contributed by atoms with van der Waals surface area (Å²) in [5, 5.41) is 0. The Balaban J connectivity index is 1.91. The number of ether oxygens (including phenoxy) is 1. The summed E-state index contributed by atoms with van der Waals surface area (Å²) >= 11 is 0. The molecule has 0 saturated heterocycles. The molecular formula is C10H15NO2. The topological polar surface area (TPSA) is 29.5 Å². The van der Waals surface area contributed by atoms with E-state index < -0.39 is 0 Å². The fourth-order valence-electron chi connectivity index (χ4n) is 1.59. The number of carbonyl (C=O) groups excluding carboxylic acids is 1. The van der Waals surface area contributed by atoms with Crippen molar-refractivity contribution in [3.05, 3.63) is 11.8 Å². The van der Waals surface area contributed by atoms with Crippen LogP contribution < -0.4 is 0 Å². The highest BCUT2D eigenvalue weighted by Crippen LogP contribution is 2.30. The molecule has 1 heterocycles. The number of hydrogen-bond acceptors (Lipinski definition) is 2. The molecular weight excluding hydrogens is 166 g/mol. The number of methoxy groups -OCH3 is 1. The van der Waals surface area contributed by atoms with Gasteiger partial charge in [0.05, 0.1) is 13.5 Å². The molecule has 72 valence electrons. The van der Waals surface area contributed by atoms with Gasteiger partial charge in [-0.25, -0.2) is 0 Å². The van der Waals surface area contributed by atoms with Crippen molar-refractivity contribution in [3.63, 3.8) is 0 Å². The summed E-state index contributed by atoms with van der Waals surface area (Å²) in [7, 11) is 1.62. The summed E-state index contributed by atoms with van der Waals surface area (Å²) in [5.74, 6) is 1.81. The lowest BCUT2D eigenvalue weighted by atomic mass is 10.2. The molecule has 1 aliphatic heterocycles. The van der Waals surface area contributed by atoms with Gasteiger partial charge in [0, 0.05) is 13.1 Å². The quantitative estimate of drug-likeness (QED) is 0.654. The molecule has 2 aliphatic rings. The third kappa shape index (κ3) is 2.02. The van der Waals surface area contributed by atoms with Gasteiger partial charge in [-0.1, -0.05) is 0 Å². The molecule has 3 heteroatoms. The van der Waals surface area contributed by atoms with Crippen LogP contribution in [0.15, 0.2) is 11.8 Å². The Labute approximate surface area is 78.4 Å². The van der Waals surface area contributed by atoms with Gasteiger partial charge in [0.1, 0.15) is 5.76 Å². The molecule has 0 spiro atoms. The first kappa shape index (κ1) is 8.60. The summed E-state index contributed by atoms with van der Waals surface area (Å²) in [6.45, 7) is 1.69. The third-order valence-electron chi connectivity index (χ3n) is 2.66. The van der Waals surface area contributed by atoms with Gasteiger partial charge in [-0.2, -0.15) is 0 Å². The fraction of sp³-hybridized carbons (Fsp3) is 0.700. The summed E-state index contributed by atoms with van der Waals surface area (Å²) in [6.07, 6.45) is 5.04. The van der Waals surface area contributed by atoms with Crippen LogP contribution in [-0.4, -0.2) is 31.0 Å². The van der Waals surface area contributed by atoms with Gasteiger partial charge < -0.3 is 9.64 Å². The molecule has 1 saturated carbocycles. The van der Waals surface area contributed by atoms with Crippen molar-refractivity contribution >= 4 is 5.91 Å². The van der Waals surface area contributed by atoms with E-state index in [4.69, 9.17) is 4.74 Å². The molecule has 3 nitrogen and oxygen atoms in total. The Morgan fingerprint density at radius 3 is 2.92 bits per heavy atom. The van der Waals surface area contributed by atoms with Crippen molar-refractivity contribution < 1.29 is 9.53 Å². The van der Waals surface area contributed by atoms with E-state index in [1.807, 2.05) is 11.0 Å². The average Bonchev–Trinajstić information content (AvgIpc) is 2.92. The Hall–Kier alpha value is -0.990. The minimum atomic E-state index is 0.214. The Morgan fingerprint density at radius 2 is 2.38 bits per heavy atom. The van der Waals surface area contributed by atoms with E-state index in [2.05, 4.69) is 0 Å². The van der Waals surface area contributed by atoms with Crippen LogP contribution in [0.25, 0.3) is 0 Å². The van der Waals surface area contributed by atoms with E-state index in [0.29, 0.717) is 6.42 Å². The van der Waals surface area contributed by atoms with Crippen LogP contribution in [-0.2, 0) is 9.53 Å².